The molecule has 3 aromatic rings. The summed E-state index contributed by atoms with van der Waals surface area (Å²) < 4.78 is 0. The Balaban J connectivity index is 1.78. The van der Waals surface area contributed by atoms with Crippen LogP contribution in [0.25, 0.3) is 10.9 Å². The predicted molar refractivity (Wildman–Crippen MR) is 85.5 cm³/mol. The van der Waals surface area contributed by atoms with Crippen LogP contribution in [-0.2, 0) is 6.54 Å². The monoisotopic (exact) mass is 298 g/mol. The molecule has 1 aromatic heterocycles. The summed E-state index contributed by atoms with van der Waals surface area (Å²) in [4.78, 5) is 17.3. The van der Waals surface area contributed by atoms with Gasteiger partial charge in [0.15, 0.2) is 0 Å². The van der Waals surface area contributed by atoms with Gasteiger partial charge in [0.05, 0.1) is 0 Å². The van der Waals surface area contributed by atoms with E-state index in [1.54, 1.807) is 11.9 Å². The lowest BCUT2D eigenvalue weighted by Crippen LogP contribution is -2.26. The minimum Gasteiger partial charge on any atom is -0.351 e. The van der Waals surface area contributed by atoms with Gasteiger partial charge in [0, 0.05) is 29.5 Å². The van der Waals surface area contributed by atoms with Crippen molar-refractivity contribution in [3.8, 4) is 0 Å². The number of aromatic nitrogens is 1. The van der Waals surface area contributed by atoms with E-state index in [-0.39, 0.29) is 5.91 Å². The number of halogens is 1. The number of carbonyl (C=O) groups excluding carboxylic acids is 1. The molecule has 0 saturated carbocycles. The van der Waals surface area contributed by atoms with Gasteiger partial charge in [-0.05, 0) is 29.8 Å². The van der Waals surface area contributed by atoms with Crippen LogP contribution in [0.15, 0.2) is 54.6 Å². The van der Waals surface area contributed by atoms with Gasteiger partial charge in [-0.2, -0.15) is 0 Å². The van der Waals surface area contributed by atoms with Crippen LogP contribution in [0.3, 0.4) is 0 Å². The molecule has 0 aliphatic heterocycles. The third-order valence-corrected chi connectivity index (χ3v) is 3.69. The standard InChI is InChI=1S/C17H15ClN2O/c1-20(11-12-6-8-14(18)9-7-12)17(21)16-10-13-4-2-3-5-15(13)19-16/h2-10,19H,11H2,1H3. The predicted octanol–water partition coefficient (Wildman–Crippen LogP) is 4.09. The van der Waals surface area contributed by atoms with Gasteiger partial charge < -0.3 is 9.88 Å². The molecule has 4 heteroatoms. The average Bonchev–Trinajstić information content (AvgIpc) is 2.92. The van der Waals surface area contributed by atoms with E-state index in [1.807, 2.05) is 54.6 Å². The molecule has 3 rings (SSSR count). The van der Waals surface area contributed by atoms with Gasteiger partial charge in [-0.15, -0.1) is 0 Å². The Labute approximate surface area is 128 Å². The number of rotatable bonds is 3. The lowest BCUT2D eigenvalue weighted by Gasteiger charge is -2.16. The maximum atomic E-state index is 12.5. The lowest BCUT2D eigenvalue weighted by molar-refractivity contribution is 0.0780. The topological polar surface area (TPSA) is 36.1 Å². The smallest absolute Gasteiger partial charge is 0.270 e. The fourth-order valence-electron chi connectivity index (χ4n) is 2.33. The van der Waals surface area contributed by atoms with Crippen LogP contribution in [0.4, 0.5) is 0 Å². The molecule has 0 spiro atoms. The Morgan fingerprint density at radius 3 is 2.57 bits per heavy atom. The number of hydrogen-bond donors (Lipinski definition) is 1. The van der Waals surface area contributed by atoms with Crippen LogP contribution in [0.1, 0.15) is 16.1 Å². The highest BCUT2D eigenvalue weighted by molar-refractivity contribution is 6.30. The Bertz CT molecular complexity index is 744. The number of nitrogens with zero attached hydrogens (tertiary/aromatic N) is 1. The molecular formula is C17H15ClN2O. The summed E-state index contributed by atoms with van der Waals surface area (Å²) in [6, 6.07) is 17.3. The van der Waals surface area contributed by atoms with Gasteiger partial charge in [0.25, 0.3) is 5.91 Å². The third kappa shape index (κ3) is 2.93. The maximum Gasteiger partial charge on any atom is 0.270 e. The molecule has 0 radical (unpaired) electrons. The maximum absolute atomic E-state index is 12.5. The Morgan fingerprint density at radius 2 is 1.86 bits per heavy atom. The number of fused-ring (bicyclic) bond motifs is 1. The van der Waals surface area contributed by atoms with Crippen molar-refractivity contribution >= 4 is 28.4 Å². The van der Waals surface area contributed by atoms with Crippen molar-refractivity contribution in [2.75, 3.05) is 7.05 Å². The van der Waals surface area contributed by atoms with E-state index < -0.39 is 0 Å². The Morgan fingerprint density at radius 1 is 1.14 bits per heavy atom. The first kappa shape index (κ1) is 13.7. The molecule has 0 fully saturated rings. The van der Waals surface area contributed by atoms with E-state index >= 15 is 0 Å². The first-order valence-electron chi connectivity index (χ1n) is 6.71. The highest BCUT2D eigenvalue weighted by Gasteiger charge is 2.14. The molecule has 0 aliphatic rings. The fraction of sp³-hybridized carbons (Fsp3) is 0.118. The van der Waals surface area contributed by atoms with Crippen LogP contribution >= 0.6 is 11.6 Å². The number of H-pyrrole nitrogens is 1. The number of hydrogen-bond acceptors (Lipinski definition) is 1. The summed E-state index contributed by atoms with van der Waals surface area (Å²) >= 11 is 5.87. The fourth-order valence-corrected chi connectivity index (χ4v) is 2.46. The van der Waals surface area contributed by atoms with Crippen LogP contribution in [0.5, 0.6) is 0 Å². The first-order valence-corrected chi connectivity index (χ1v) is 7.09. The van der Waals surface area contributed by atoms with Crippen molar-refractivity contribution in [2.45, 2.75) is 6.54 Å². The van der Waals surface area contributed by atoms with Gasteiger partial charge in [-0.1, -0.05) is 41.9 Å². The second kappa shape index (κ2) is 5.62. The number of aromatic amines is 1. The van der Waals surface area contributed by atoms with Gasteiger partial charge >= 0.3 is 0 Å². The zero-order valence-electron chi connectivity index (χ0n) is 11.6. The molecule has 106 valence electrons. The molecular weight excluding hydrogens is 284 g/mol. The summed E-state index contributed by atoms with van der Waals surface area (Å²) in [5, 5.41) is 1.74. The molecule has 0 bridgehead atoms. The van der Waals surface area contributed by atoms with Crippen LogP contribution in [-0.4, -0.2) is 22.8 Å². The number of carbonyl (C=O) groups is 1. The number of amides is 1. The highest BCUT2D eigenvalue weighted by Crippen LogP contribution is 2.17. The number of benzene rings is 2. The van der Waals surface area contributed by atoms with Crippen molar-refractivity contribution in [1.82, 2.24) is 9.88 Å². The van der Waals surface area contributed by atoms with E-state index in [1.165, 1.54) is 0 Å². The van der Waals surface area contributed by atoms with Crippen LogP contribution < -0.4 is 0 Å². The molecule has 0 unspecified atom stereocenters. The lowest BCUT2D eigenvalue weighted by atomic mass is 10.2. The van der Waals surface area contributed by atoms with Crippen LogP contribution in [0, 0.1) is 0 Å². The van der Waals surface area contributed by atoms with E-state index in [0.717, 1.165) is 16.5 Å². The summed E-state index contributed by atoms with van der Waals surface area (Å²) in [6.45, 7) is 0.547. The van der Waals surface area contributed by atoms with Gasteiger partial charge in [-0.25, -0.2) is 0 Å². The number of nitrogens with one attached hydrogen (secondary N) is 1. The average molecular weight is 299 g/mol. The quantitative estimate of drug-likeness (QED) is 0.776. The summed E-state index contributed by atoms with van der Waals surface area (Å²) in [7, 11) is 1.79. The number of para-hydroxylation sites is 1. The van der Waals surface area contributed by atoms with Crippen molar-refractivity contribution in [3.05, 3.63) is 70.9 Å². The Kier molecular flexibility index (Phi) is 3.67. The molecule has 21 heavy (non-hydrogen) atoms. The van der Waals surface area contributed by atoms with E-state index in [4.69, 9.17) is 11.6 Å². The third-order valence-electron chi connectivity index (χ3n) is 3.44. The van der Waals surface area contributed by atoms with E-state index in [2.05, 4.69) is 4.98 Å². The SMILES string of the molecule is CN(Cc1ccc(Cl)cc1)C(=O)c1cc2ccccc2[nH]1. The van der Waals surface area contributed by atoms with Gasteiger partial charge in [0.1, 0.15) is 5.69 Å². The molecule has 2 aromatic carbocycles. The minimum atomic E-state index is -0.0267. The molecule has 1 amide bonds. The molecule has 0 saturated heterocycles. The largest absolute Gasteiger partial charge is 0.351 e. The van der Waals surface area contributed by atoms with Crippen molar-refractivity contribution in [2.24, 2.45) is 0 Å². The molecule has 1 N–H and O–H groups in total. The molecule has 0 aliphatic carbocycles. The first-order chi connectivity index (χ1) is 10.1. The normalized spacial score (nSPS) is 10.8. The minimum absolute atomic E-state index is 0.0267. The highest BCUT2D eigenvalue weighted by atomic mass is 35.5. The van der Waals surface area contributed by atoms with E-state index in [0.29, 0.717) is 17.3 Å². The Hall–Kier alpha value is -2.26. The van der Waals surface area contributed by atoms with Crippen molar-refractivity contribution in [3.63, 3.8) is 0 Å². The van der Waals surface area contributed by atoms with Gasteiger partial charge in [-0.3, -0.25) is 4.79 Å². The molecule has 1 heterocycles. The second-order valence-electron chi connectivity index (χ2n) is 5.06. The van der Waals surface area contributed by atoms with Gasteiger partial charge in [0.2, 0.25) is 0 Å². The zero-order valence-corrected chi connectivity index (χ0v) is 12.4. The zero-order chi connectivity index (χ0) is 14.8. The van der Waals surface area contributed by atoms with Crippen LogP contribution in [0.2, 0.25) is 5.02 Å². The second-order valence-corrected chi connectivity index (χ2v) is 5.49. The molecule has 3 nitrogen and oxygen atoms in total. The summed E-state index contributed by atoms with van der Waals surface area (Å²) in [6.07, 6.45) is 0. The summed E-state index contributed by atoms with van der Waals surface area (Å²) in [5.74, 6) is -0.0267. The van der Waals surface area contributed by atoms with Crippen molar-refractivity contribution < 1.29 is 4.79 Å². The molecule has 0 atom stereocenters. The summed E-state index contributed by atoms with van der Waals surface area (Å²) in [5.41, 5.74) is 2.62. The van der Waals surface area contributed by atoms with Crippen molar-refractivity contribution in [1.29, 1.82) is 0 Å². The van der Waals surface area contributed by atoms with E-state index in [9.17, 15) is 4.79 Å².